The van der Waals surface area contributed by atoms with Crippen LogP contribution in [0.3, 0.4) is 0 Å². The van der Waals surface area contributed by atoms with Crippen molar-refractivity contribution in [3.63, 3.8) is 0 Å². The van der Waals surface area contributed by atoms with Crippen LogP contribution in [0.25, 0.3) is 0 Å². The maximum absolute atomic E-state index is 10.8. The molecule has 0 radical (unpaired) electrons. The van der Waals surface area contributed by atoms with Gasteiger partial charge in [0.05, 0.1) is 10.7 Å². The van der Waals surface area contributed by atoms with Crippen LogP contribution in [0.5, 0.6) is 0 Å². The maximum Gasteiger partial charge on any atom is 0.0640 e. The van der Waals surface area contributed by atoms with E-state index in [-0.39, 0.29) is 0 Å². The molecule has 0 fully saturated rings. The first-order valence-corrected chi connectivity index (χ1v) is 6.50. The van der Waals surface area contributed by atoms with E-state index in [1.165, 1.54) is 0 Å². The SMILES string of the molecule is Cc1ccc(NCCS(C)=O)c(Cl)c1. The van der Waals surface area contributed by atoms with E-state index in [0.29, 0.717) is 17.3 Å². The Morgan fingerprint density at radius 2 is 2.21 bits per heavy atom. The molecule has 1 rings (SSSR count). The lowest BCUT2D eigenvalue weighted by Crippen LogP contribution is -2.09. The summed E-state index contributed by atoms with van der Waals surface area (Å²) in [6, 6.07) is 5.85. The average molecular weight is 232 g/mol. The topological polar surface area (TPSA) is 29.1 Å². The normalized spacial score (nSPS) is 12.5. The van der Waals surface area contributed by atoms with Gasteiger partial charge >= 0.3 is 0 Å². The van der Waals surface area contributed by atoms with Gasteiger partial charge in [0.25, 0.3) is 0 Å². The van der Waals surface area contributed by atoms with Gasteiger partial charge in [-0.2, -0.15) is 0 Å². The Hall–Kier alpha value is -0.540. The molecule has 0 aromatic heterocycles. The van der Waals surface area contributed by atoms with Gasteiger partial charge in [0, 0.05) is 29.4 Å². The molecular formula is C10H14ClNOS. The van der Waals surface area contributed by atoms with Crippen molar-refractivity contribution >= 4 is 28.1 Å². The Kier molecular flexibility index (Phi) is 4.42. The summed E-state index contributed by atoms with van der Waals surface area (Å²) < 4.78 is 10.8. The molecule has 0 spiro atoms. The van der Waals surface area contributed by atoms with Crippen LogP contribution < -0.4 is 5.32 Å². The standard InChI is InChI=1S/C10H14ClNOS/c1-8-3-4-10(9(11)7-8)12-5-6-14(2)13/h3-4,7,12H,5-6H2,1-2H3. The average Bonchev–Trinajstić information content (AvgIpc) is 2.08. The lowest BCUT2D eigenvalue weighted by molar-refractivity contribution is 0.687. The molecule has 1 unspecified atom stereocenters. The highest BCUT2D eigenvalue weighted by Crippen LogP contribution is 2.22. The first-order chi connectivity index (χ1) is 6.59. The number of hydrogen-bond acceptors (Lipinski definition) is 2. The molecule has 1 atom stereocenters. The van der Waals surface area contributed by atoms with Crippen LogP contribution in [-0.4, -0.2) is 22.8 Å². The van der Waals surface area contributed by atoms with E-state index in [2.05, 4.69) is 5.32 Å². The molecular weight excluding hydrogens is 218 g/mol. The van der Waals surface area contributed by atoms with Crippen molar-refractivity contribution < 1.29 is 4.21 Å². The summed E-state index contributed by atoms with van der Waals surface area (Å²) in [6.45, 7) is 2.68. The predicted octanol–water partition coefficient (Wildman–Crippen LogP) is 2.44. The summed E-state index contributed by atoms with van der Waals surface area (Å²) >= 11 is 6.01. The summed E-state index contributed by atoms with van der Waals surface area (Å²) in [5.74, 6) is 0.643. The Labute approximate surface area is 92.1 Å². The van der Waals surface area contributed by atoms with E-state index in [9.17, 15) is 4.21 Å². The van der Waals surface area contributed by atoms with Crippen molar-refractivity contribution in [1.29, 1.82) is 0 Å². The van der Waals surface area contributed by atoms with Crippen molar-refractivity contribution in [2.45, 2.75) is 6.92 Å². The fourth-order valence-corrected chi connectivity index (χ4v) is 1.78. The van der Waals surface area contributed by atoms with Crippen molar-refractivity contribution in [2.24, 2.45) is 0 Å². The monoisotopic (exact) mass is 231 g/mol. The van der Waals surface area contributed by atoms with Gasteiger partial charge < -0.3 is 5.32 Å². The fraction of sp³-hybridized carbons (Fsp3) is 0.400. The number of aryl methyl sites for hydroxylation is 1. The molecule has 0 amide bonds. The molecule has 0 saturated carbocycles. The molecule has 1 aromatic rings. The van der Waals surface area contributed by atoms with Crippen molar-refractivity contribution in [1.82, 2.24) is 0 Å². The van der Waals surface area contributed by atoms with E-state index in [4.69, 9.17) is 11.6 Å². The quantitative estimate of drug-likeness (QED) is 0.863. The Morgan fingerprint density at radius 1 is 1.50 bits per heavy atom. The summed E-state index contributed by atoms with van der Waals surface area (Å²) in [5, 5.41) is 3.86. The van der Waals surface area contributed by atoms with Crippen LogP contribution in [0.4, 0.5) is 5.69 Å². The summed E-state index contributed by atoms with van der Waals surface area (Å²) in [7, 11) is -0.756. The highest BCUT2D eigenvalue weighted by Gasteiger charge is 1.99. The number of nitrogens with one attached hydrogen (secondary N) is 1. The lowest BCUT2D eigenvalue weighted by Gasteiger charge is -2.07. The first-order valence-electron chi connectivity index (χ1n) is 4.39. The molecule has 0 saturated heterocycles. The lowest BCUT2D eigenvalue weighted by atomic mass is 10.2. The highest BCUT2D eigenvalue weighted by molar-refractivity contribution is 7.84. The minimum absolute atomic E-state index is 0.643. The second kappa shape index (κ2) is 5.37. The minimum Gasteiger partial charge on any atom is -0.383 e. The molecule has 0 aliphatic rings. The molecule has 1 N–H and O–H groups in total. The smallest absolute Gasteiger partial charge is 0.0640 e. The van der Waals surface area contributed by atoms with E-state index >= 15 is 0 Å². The largest absolute Gasteiger partial charge is 0.383 e. The number of anilines is 1. The van der Waals surface area contributed by atoms with Crippen molar-refractivity contribution in [3.05, 3.63) is 28.8 Å². The van der Waals surface area contributed by atoms with Gasteiger partial charge in [-0.3, -0.25) is 4.21 Å². The highest BCUT2D eigenvalue weighted by atomic mass is 35.5. The molecule has 2 nitrogen and oxygen atoms in total. The molecule has 0 heterocycles. The van der Waals surface area contributed by atoms with E-state index in [1.54, 1.807) is 6.26 Å². The van der Waals surface area contributed by atoms with Gasteiger partial charge in [0.15, 0.2) is 0 Å². The zero-order chi connectivity index (χ0) is 10.6. The Morgan fingerprint density at radius 3 is 2.79 bits per heavy atom. The van der Waals surface area contributed by atoms with Gasteiger partial charge in [-0.1, -0.05) is 17.7 Å². The summed E-state index contributed by atoms with van der Waals surface area (Å²) in [6.07, 6.45) is 1.69. The van der Waals surface area contributed by atoms with Gasteiger partial charge in [0.2, 0.25) is 0 Å². The summed E-state index contributed by atoms with van der Waals surface area (Å²) in [5.41, 5.74) is 2.04. The van der Waals surface area contributed by atoms with Gasteiger partial charge in [0.1, 0.15) is 0 Å². The van der Waals surface area contributed by atoms with Crippen LogP contribution >= 0.6 is 11.6 Å². The number of halogens is 1. The van der Waals surface area contributed by atoms with Crippen LogP contribution in [0, 0.1) is 6.92 Å². The third-order valence-corrected chi connectivity index (χ3v) is 2.92. The Balaban J connectivity index is 2.55. The first kappa shape index (κ1) is 11.5. The van der Waals surface area contributed by atoms with E-state index < -0.39 is 10.8 Å². The molecule has 1 aromatic carbocycles. The molecule has 0 bridgehead atoms. The molecule has 0 aliphatic carbocycles. The minimum atomic E-state index is -0.756. The van der Waals surface area contributed by atoms with Gasteiger partial charge in [-0.25, -0.2) is 0 Å². The predicted molar refractivity (Wildman–Crippen MR) is 63.6 cm³/mol. The number of benzene rings is 1. The van der Waals surface area contributed by atoms with Gasteiger partial charge in [-0.05, 0) is 24.6 Å². The third-order valence-electron chi connectivity index (χ3n) is 1.83. The van der Waals surface area contributed by atoms with Crippen molar-refractivity contribution in [3.8, 4) is 0 Å². The summed E-state index contributed by atoms with van der Waals surface area (Å²) in [4.78, 5) is 0. The van der Waals surface area contributed by atoms with Crippen LogP contribution in [0.2, 0.25) is 5.02 Å². The third kappa shape index (κ3) is 3.68. The fourth-order valence-electron chi connectivity index (χ4n) is 1.09. The second-order valence-electron chi connectivity index (χ2n) is 3.19. The zero-order valence-electron chi connectivity index (χ0n) is 8.34. The molecule has 78 valence electrons. The van der Waals surface area contributed by atoms with Crippen LogP contribution in [-0.2, 0) is 10.8 Å². The van der Waals surface area contributed by atoms with Gasteiger partial charge in [-0.15, -0.1) is 0 Å². The molecule has 0 aliphatic heterocycles. The zero-order valence-corrected chi connectivity index (χ0v) is 9.91. The Bertz CT molecular complexity index is 341. The second-order valence-corrected chi connectivity index (χ2v) is 5.15. The van der Waals surface area contributed by atoms with Crippen LogP contribution in [0.15, 0.2) is 18.2 Å². The number of hydrogen-bond donors (Lipinski definition) is 1. The van der Waals surface area contributed by atoms with Crippen molar-refractivity contribution in [2.75, 3.05) is 23.9 Å². The number of rotatable bonds is 4. The maximum atomic E-state index is 10.8. The van der Waals surface area contributed by atoms with E-state index in [0.717, 1.165) is 11.3 Å². The van der Waals surface area contributed by atoms with Crippen LogP contribution in [0.1, 0.15) is 5.56 Å². The molecule has 4 heteroatoms. The van der Waals surface area contributed by atoms with E-state index in [1.807, 2.05) is 25.1 Å². The molecule has 14 heavy (non-hydrogen) atoms.